The highest BCUT2D eigenvalue weighted by atomic mass is 79.9. The van der Waals surface area contributed by atoms with E-state index in [0.29, 0.717) is 29.3 Å². The summed E-state index contributed by atoms with van der Waals surface area (Å²) in [5.74, 6) is 1.98. The minimum absolute atomic E-state index is 0.197. The molecule has 0 fully saturated rings. The first-order chi connectivity index (χ1) is 13.6. The molecule has 0 bridgehead atoms. The highest BCUT2D eigenvalue weighted by Crippen LogP contribution is 2.26. The van der Waals surface area contributed by atoms with Crippen molar-refractivity contribution in [3.8, 4) is 28.9 Å². The van der Waals surface area contributed by atoms with Crippen LogP contribution in [0.2, 0.25) is 0 Å². The quantitative estimate of drug-likeness (QED) is 0.399. The van der Waals surface area contributed by atoms with Gasteiger partial charge >= 0.3 is 5.89 Å². The normalized spacial score (nSPS) is 11.0. The molecule has 0 atom stereocenters. The molecular weight excluding hydrogens is 429 g/mol. The van der Waals surface area contributed by atoms with E-state index in [0.717, 1.165) is 15.7 Å². The molecule has 0 aliphatic carbocycles. The third kappa shape index (κ3) is 3.96. The van der Waals surface area contributed by atoms with Gasteiger partial charge < -0.3 is 13.7 Å². The fourth-order valence-electron chi connectivity index (χ4n) is 2.71. The van der Waals surface area contributed by atoms with Gasteiger partial charge in [-0.25, -0.2) is 9.37 Å². The Morgan fingerprint density at radius 3 is 2.64 bits per heavy atom. The van der Waals surface area contributed by atoms with Crippen LogP contribution in [0, 0.1) is 6.92 Å². The summed E-state index contributed by atoms with van der Waals surface area (Å²) in [5.41, 5.74) is 2.62. The molecule has 4 aromatic rings. The van der Waals surface area contributed by atoms with E-state index < -0.39 is 6.86 Å². The van der Waals surface area contributed by atoms with Crippen molar-refractivity contribution in [1.29, 1.82) is 0 Å². The first kappa shape index (κ1) is 18.4. The molecule has 0 saturated carbocycles. The van der Waals surface area contributed by atoms with Gasteiger partial charge in [-0.1, -0.05) is 33.2 Å². The Morgan fingerprint density at radius 1 is 1.07 bits per heavy atom. The van der Waals surface area contributed by atoms with Crippen LogP contribution in [0.25, 0.3) is 23.2 Å². The lowest BCUT2D eigenvalue weighted by Gasteiger charge is -2.00. The highest BCUT2D eigenvalue weighted by Gasteiger charge is 2.18. The van der Waals surface area contributed by atoms with Gasteiger partial charge in [-0.2, -0.15) is 4.98 Å². The summed E-state index contributed by atoms with van der Waals surface area (Å²) in [5, 5.41) is 3.97. The van der Waals surface area contributed by atoms with E-state index in [4.69, 9.17) is 13.7 Å². The van der Waals surface area contributed by atoms with E-state index in [2.05, 4.69) is 31.1 Å². The molecule has 2 aromatic carbocycles. The van der Waals surface area contributed by atoms with Gasteiger partial charge in [-0.05, 0) is 48.9 Å². The van der Waals surface area contributed by atoms with Gasteiger partial charge in [-0.3, -0.25) is 0 Å². The number of oxazole rings is 1. The maximum absolute atomic E-state index is 12.2. The lowest BCUT2D eigenvalue weighted by molar-refractivity contribution is 0.192. The molecule has 142 valence electrons. The van der Waals surface area contributed by atoms with Gasteiger partial charge in [0.2, 0.25) is 12.7 Å². The largest absolute Gasteiger partial charge is 0.463 e. The molecule has 6 nitrogen and oxygen atoms in total. The molecule has 28 heavy (non-hydrogen) atoms. The van der Waals surface area contributed by atoms with Crippen LogP contribution in [0.3, 0.4) is 0 Å². The summed E-state index contributed by atoms with van der Waals surface area (Å²) in [4.78, 5) is 8.86. The number of rotatable bonds is 6. The molecule has 0 aliphatic rings. The molecule has 0 radical (unpaired) electrons. The Morgan fingerprint density at radius 2 is 1.89 bits per heavy atom. The molecule has 0 amide bonds. The minimum Gasteiger partial charge on any atom is -0.463 e. The monoisotopic (exact) mass is 443 g/mol. The Hall–Kier alpha value is -3.00. The molecule has 4 rings (SSSR count). The second-order valence-electron chi connectivity index (χ2n) is 6.03. The number of benzene rings is 2. The Bertz CT molecular complexity index is 1090. The van der Waals surface area contributed by atoms with Gasteiger partial charge in [0.15, 0.2) is 0 Å². The van der Waals surface area contributed by atoms with Crippen LogP contribution in [0.5, 0.6) is 5.75 Å². The van der Waals surface area contributed by atoms with Crippen LogP contribution in [0.1, 0.15) is 17.0 Å². The number of aromatic nitrogens is 3. The lowest BCUT2D eigenvalue weighted by atomic mass is 10.1. The second-order valence-corrected chi connectivity index (χ2v) is 6.95. The molecule has 2 aromatic heterocycles. The number of ether oxygens (including phenoxy) is 1. The van der Waals surface area contributed by atoms with E-state index in [9.17, 15) is 4.39 Å². The molecule has 8 heteroatoms. The topological polar surface area (TPSA) is 74.2 Å². The zero-order valence-electron chi connectivity index (χ0n) is 14.9. The summed E-state index contributed by atoms with van der Waals surface area (Å²) in [6.07, 6.45) is 0.631. The van der Waals surface area contributed by atoms with Gasteiger partial charge in [-0.15, -0.1) is 0 Å². The predicted octanol–water partition coefficient (Wildman–Crippen LogP) is 5.36. The fourth-order valence-corrected chi connectivity index (χ4v) is 3.16. The highest BCUT2D eigenvalue weighted by molar-refractivity contribution is 9.10. The second kappa shape index (κ2) is 7.93. The van der Waals surface area contributed by atoms with Crippen molar-refractivity contribution >= 4 is 15.9 Å². The smallest absolute Gasteiger partial charge is 0.314 e. The molecule has 0 aliphatic heterocycles. The van der Waals surface area contributed by atoms with Crippen LogP contribution in [-0.2, 0) is 6.42 Å². The maximum atomic E-state index is 12.2. The van der Waals surface area contributed by atoms with Gasteiger partial charge in [0, 0.05) is 16.5 Å². The zero-order chi connectivity index (χ0) is 19.5. The zero-order valence-corrected chi connectivity index (χ0v) is 16.4. The summed E-state index contributed by atoms with van der Waals surface area (Å²) in [7, 11) is 0. The molecule has 0 N–H and O–H groups in total. The Balaban J connectivity index is 1.55. The average Bonchev–Trinajstić information content (AvgIpc) is 3.30. The van der Waals surface area contributed by atoms with Crippen LogP contribution >= 0.6 is 15.9 Å². The van der Waals surface area contributed by atoms with Crippen LogP contribution in [-0.4, -0.2) is 22.0 Å². The fraction of sp³-hybridized carbons (Fsp3) is 0.150. The molecule has 0 unspecified atom stereocenters. The van der Waals surface area contributed by atoms with E-state index in [-0.39, 0.29) is 11.8 Å². The van der Waals surface area contributed by atoms with Gasteiger partial charge in [0.25, 0.3) is 5.89 Å². The van der Waals surface area contributed by atoms with E-state index in [1.54, 1.807) is 24.3 Å². The summed E-state index contributed by atoms with van der Waals surface area (Å²) in [6, 6.07) is 14.7. The van der Waals surface area contributed by atoms with Crippen LogP contribution < -0.4 is 4.74 Å². The third-order valence-corrected chi connectivity index (χ3v) is 4.59. The van der Waals surface area contributed by atoms with Gasteiger partial charge in [0.1, 0.15) is 11.5 Å². The van der Waals surface area contributed by atoms with Crippen molar-refractivity contribution in [2.24, 2.45) is 0 Å². The molecule has 2 heterocycles. The standard InChI is InChI=1S/C20H15BrFN3O3/c1-12-17(10-13-3-2-4-15(21)9-13)23-19(27-12)20-24-18(25-28-20)14-5-7-16(8-6-14)26-11-22/h2-9H,10-11H2,1H3. The van der Waals surface area contributed by atoms with Crippen molar-refractivity contribution in [1.82, 2.24) is 15.1 Å². The van der Waals surface area contributed by atoms with Crippen molar-refractivity contribution in [3.05, 3.63) is 70.0 Å². The SMILES string of the molecule is Cc1oc(-c2nc(-c3ccc(OCF)cc3)no2)nc1Cc1cccc(Br)c1. The lowest BCUT2D eigenvalue weighted by Crippen LogP contribution is -1.91. The van der Waals surface area contributed by atoms with Crippen LogP contribution in [0.4, 0.5) is 4.39 Å². The summed E-state index contributed by atoms with van der Waals surface area (Å²) < 4.78 is 29.0. The summed E-state index contributed by atoms with van der Waals surface area (Å²) >= 11 is 3.47. The van der Waals surface area contributed by atoms with E-state index in [1.165, 1.54) is 0 Å². The Kier molecular flexibility index (Phi) is 5.21. The molecule has 0 spiro atoms. The van der Waals surface area contributed by atoms with E-state index in [1.807, 2.05) is 31.2 Å². The molecule has 0 saturated heterocycles. The minimum atomic E-state index is -0.877. The van der Waals surface area contributed by atoms with E-state index >= 15 is 0 Å². The number of nitrogens with zero attached hydrogens (tertiary/aromatic N) is 3. The maximum Gasteiger partial charge on any atom is 0.314 e. The van der Waals surface area contributed by atoms with Crippen molar-refractivity contribution in [3.63, 3.8) is 0 Å². The number of halogens is 2. The summed E-state index contributed by atoms with van der Waals surface area (Å²) in [6.45, 7) is 0.974. The number of hydrogen-bond donors (Lipinski definition) is 0. The first-order valence-corrected chi connectivity index (χ1v) is 9.25. The van der Waals surface area contributed by atoms with Crippen LogP contribution in [0.15, 0.2) is 61.9 Å². The number of aryl methyl sites for hydroxylation is 1. The van der Waals surface area contributed by atoms with Crippen molar-refractivity contribution in [2.45, 2.75) is 13.3 Å². The number of alkyl halides is 1. The van der Waals surface area contributed by atoms with Crippen molar-refractivity contribution < 1.29 is 18.1 Å². The molecular formula is C20H15BrFN3O3. The predicted molar refractivity (Wildman–Crippen MR) is 104 cm³/mol. The third-order valence-electron chi connectivity index (χ3n) is 4.10. The number of hydrogen-bond acceptors (Lipinski definition) is 6. The average molecular weight is 444 g/mol. The first-order valence-electron chi connectivity index (χ1n) is 8.46. The Labute approximate surface area is 168 Å². The van der Waals surface area contributed by atoms with Crippen molar-refractivity contribution in [2.75, 3.05) is 6.86 Å². The van der Waals surface area contributed by atoms with Gasteiger partial charge in [0.05, 0.1) is 5.69 Å².